The van der Waals surface area contributed by atoms with Gasteiger partial charge in [0.2, 0.25) is 5.60 Å². The van der Waals surface area contributed by atoms with Crippen molar-refractivity contribution in [2.45, 2.75) is 30.9 Å². The number of quaternary nitrogens is 1. The molecule has 2 N–H and O–H groups in total. The van der Waals surface area contributed by atoms with Crippen LogP contribution in [0.2, 0.25) is 0 Å². The molecule has 3 saturated heterocycles. The molecule has 170 valence electrons. The van der Waals surface area contributed by atoms with E-state index in [1.165, 1.54) is 41.3 Å². The van der Waals surface area contributed by atoms with E-state index in [1.54, 1.807) is 0 Å². The molecule has 4 nitrogen and oxygen atoms in total. The monoisotopic (exact) mass is 532 g/mol. The number of hydrogen-bond donors (Lipinski definition) is 2. The van der Waals surface area contributed by atoms with Crippen molar-refractivity contribution in [2.24, 2.45) is 5.92 Å². The van der Waals surface area contributed by atoms with Crippen LogP contribution in [-0.2, 0) is 16.8 Å². The number of benzene rings is 1. The maximum Gasteiger partial charge on any atom is 0.263 e. The predicted molar refractivity (Wildman–Crippen MR) is 126 cm³/mol. The summed E-state index contributed by atoms with van der Waals surface area (Å²) in [6.07, 6.45) is 3.37. The maximum absolute atomic E-state index is 13.5. The molecule has 3 aromatic rings. The fourth-order valence-electron chi connectivity index (χ4n) is 5.36. The Bertz CT molecular complexity index is 966. The summed E-state index contributed by atoms with van der Waals surface area (Å²) in [5, 5.41) is 18.8. The third kappa shape index (κ3) is 4.46. The van der Waals surface area contributed by atoms with Gasteiger partial charge in [0.1, 0.15) is 0 Å². The minimum absolute atomic E-state index is 0. The van der Waals surface area contributed by atoms with Crippen LogP contribution in [0.4, 0.5) is 0 Å². The Labute approximate surface area is 208 Å². The molecule has 6 rings (SSSR count). The predicted octanol–water partition coefficient (Wildman–Crippen LogP) is 1.02. The summed E-state index contributed by atoms with van der Waals surface area (Å²) < 4.78 is 1.08. The first-order valence-corrected chi connectivity index (χ1v) is 12.9. The Morgan fingerprint density at radius 2 is 1.62 bits per heavy atom. The van der Waals surface area contributed by atoms with Crippen LogP contribution in [0.5, 0.6) is 0 Å². The average Bonchev–Trinajstić information content (AvgIpc) is 3.54. The van der Waals surface area contributed by atoms with E-state index in [-0.39, 0.29) is 28.9 Å². The van der Waals surface area contributed by atoms with Gasteiger partial charge in [0, 0.05) is 19.3 Å². The van der Waals surface area contributed by atoms with E-state index in [0.717, 1.165) is 36.8 Å². The molecule has 7 heteroatoms. The van der Waals surface area contributed by atoms with Crippen molar-refractivity contribution in [1.29, 1.82) is 0 Å². The zero-order chi connectivity index (χ0) is 21.3. The number of fused-ring (bicyclic) bond motifs is 3. The standard InChI is InChI=1S/C25H28N2O2S2.BrH/c28-24(25(29,22-8-4-16-30-22)23-9-5-17-31-23)26-21-18-27(14-11-20(21)12-15-27)13-10-19-6-2-1-3-7-19;/h1-9,16-17,20-21,29H,10-15,18H2;1H/t20?,21-,27?;/m0./s1. The van der Waals surface area contributed by atoms with E-state index in [9.17, 15) is 9.90 Å². The number of nitrogens with one attached hydrogen (secondary N) is 1. The number of rotatable bonds is 7. The molecule has 3 fully saturated rings. The Kier molecular flexibility index (Phi) is 7.22. The Hall–Kier alpha value is -1.51. The SMILES string of the molecule is O=C(N[C@H]1C[N+]2(CCc3ccccc3)CCC1CC2)C(O)(c1cccs1)c1cccs1.[Br-]. The summed E-state index contributed by atoms with van der Waals surface area (Å²) >= 11 is 2.86. The molecule has 1 atom stereocenters. The molecule has 3 aliphatic rings. The van der Waals surface area contributed by atoms with Crippen molar-refractivity contribution < 1.29 is 31.4 Å². The maximum atomic E-state index is 13.5. The van der Waals surface area contributed by atoms with Gasteiger partial charge in [0.05, 0.1) is 42.0 Å². The number of carbonyl (C=O) groups excluding carboxylic acids is 1. The highest BCUT2D eigenvalue weighted by molar-refractivity contribution is 7.12. The van der Waals surface area contributed by atoms with Gasteiger partial charge >= 0.3 is 0 Å². The lowest BCUT2D eigenvalue weighted by molar-refractivity contribution is -0.943. The summed E-state index contributed by atoms with van der Waals surface area (Å²) in [6, 6.07) is 18.3. The second kappa shape index (κ2) is 9.77. The van der Waals surface area contributed by atoms with Gasteiger partial charge < -0.3 is 31.9 Å². The first-order chi connectivity index (χ1) is 15.1. The molecule has 2 aromatic heterocycles. The van der Waals surface area contributed by atoms with E-state index in [0.29, 0.717) is 15.7 Å². The van der Waals surface area contributed by atoms with Gasteiger partial charge in [0.25, 0.3) is 5.91 Å². The van der Waals surface area contributed by atoms with Crippen LogP contribution in [0.15, 0.2) is 65.4 Å². The molecule has 1 amide bonds. The van der Waals surface area contributed by atoms with E-state index in [1.807, 2.05) is 35.0 Å². The molecule has 1 aromatic carbocycles. The van der Waals surface area contributed by atoms with E-state index in [2.05, 4.69) is 35.6 Å². The number of thiophene rings is 2. The van der Waals surface area contributed by atoms with Gasteiger partial charge in [-0.2, -0.15) is 0 Å². The van der Waals surface area contributed by atoms with E-state index in [4.69, 9.17) is 0 Å². The van der Waals surface area contributed by atoms with Crippen LogP contribution in [0.25, 0.3) is 0 Å². The molecule has 5 heterocycles. The first kappa shape index (κ1) is 23.6. The Morgan fingerprint density at radius 1 is 1.00 bits per heavy atom. The summed E-state index contributed by atoms with van der Waals surface area (Å²) in [4.78, 5) is 14.9. The number of amides is 1. The fraction of sp³-hybridized carbons (Fsp3) is 0.400. The molecular formula is C25H29BrN2O2S2. The molecule has 0 aliphatic carbocycles. The van der Waals surface area contributed by atoms with Gasteiger partial charge in [-0.1, -0.05) is 42.5 Å². The lowest BCUT2D eigenvalue weighted by atomic mass is 9.80. The summed E-state index contributed by atoms with van der Waals surface area (Å²) in [5.41, 5.74) is -0.225. The number of halogens is 1. The zero-order valence-electron chi connectivity index (χ0n) is 18.0. The van der Waals surface area contributed by atoms with Gasteiger partial charge in [-0.05, 0) is 34.4 Å². The fourth-order valence-corrected chi connectivity index (χ4v) is 7.10. The molecule has 0 spiro atoms. The van der Waals surface area contributed by atoms with Crippen LogP contribution in [-0.4, -0.2) is 47.7 Å². The van der Waals surface area contributed by atoms with Crippen molar-refractivity contribution in [2.75, 3.05) is 26.2 Å². The highest BCUT2D eigenvalue weighted by Gasteiger charge is 2.49. The highest BCUT2D eigenvalue weighted by Crippen LogP contribution is 2.38. The second-order valence-corrected chi connectivity index (χ2v) is 10.9. The third-order valence-electron chi connectivity index (χ3n) is 7.22. The van der Waals surface area contributed by atoms with E-state index < -0.39 is 5.60 Å². The third-order valence-corrected chi connectivity index (χ3v) is 9.18. The van der Waals surface area contributed by atoms with Gasteiger partial charge in [-0.3, -0.25) is 4.79 Å². The highest BCUT2D eigenvalue weighted by atomic mass is 79.9. The minimum atomic E-state index is -1.61. The van der Waals surface area contributed by atoms with Crippen LogP contribution >= 0.6 is 22.7 Å². The van der Waals surface area contributed by atoms with Gasteiger partial charge in [-0.15, -0.1) is 22.7 Å². The Morgan fingerprint density at radius 3 is 2.19 bits per heavy atom. The Balaban J connectivity index is 0.00000245. The largest absolute Gasteiger partial charge is 1.00 e. The van der Waals surface area contributed by atoms with Crippen LogP contribution in [0.1, 0.15) is 28.2 Å². The zero-order valence-corrected chi connectivity index (χ0v) is 21.2. The smallest absolute Gasteiger partial charge is 0.263 e. The number of piperidine rings is 3. The number of aliphatic hydroxyl groups is 1. The summed E-state index contributed by atoms with van der Waals surface area (Å²) in [5.74, 6) is 0.231. The average molecular weight is 534 g/mol. The van der Waals surface area contributed by atoms with E-state index >= 15 is 0 Å². The van der Waals surface area contributed by atoms with Gasteiger partial charge in [-0.25, -0.2) is 0 Å². The first-order valence-electron chi connectivity index (χ1n) is 11.1. The van der Waals surface area contributed by atoms with Crippen molar-refractivity contribution in [1.82, 2.24) is 5.32 Å². The molecule has 32 heavy (non-hydrogen) atoms. The van der Waals surface area contributed by atoms with Crippen LogP contribution in [0, 0.1) is 5.92 Å². The quantitative estimate of drug-likeness (QED) is 0.446. The lowest BCUT2D eigenvalue weighted by Gasteiger charge is -2.53. The van der Waals surface area contributed by atoms with Crippen molar-refractivity contribution in [3.05, 3.63) is 80.7 Å². The van der Waals surface area contributed by atoms with Crippen molar-refractivity contribution in [3.63, 3.8) is 0 Å². The second-order valence-electron chi connectivity index (χ2n) is 9.01. The van der Waals surface area contributed by atoms with Crippen molar-refractivity contribution in [3.8, 4) is 0 Å². The number of carbonyl (C=O) groups is 1. The molecule has 2 bridgehead atoms. The molecule has 3 aliphatic heterocycles. The lowest BCUT2D eigenvalue weighted by Crippen LogP contribution is -3.00. The van der Waals surface area contributed by atoms with Crippen LogP contribution < -0.4 is 22.3 Å². The van der Waals surface area contributed by atoms with Gasteiger partial charge in [0.15, 0.2) is 0 Å². The molecule has 0 radical (unpaired) electrons. The van der Waals surface area contributed by atoms with Crippen molar-refractivity contribution >= 4 is 28.6 Å². The normalized spacial score (nSPS) is 24.7. The number of hydrogen-bond acceptors (Lipinski definition) is 4. The number of nitrogens with zero attached hydrogens (tertiary/aromatic N) is 1. The minimum Gasteiger partial charge on any atom is -1.00 e. The molecule has 0 saturated carbocycles. The summed E-state index contributed by atoms with van der Waals surface area (Å²) in [7, 11) is 0. The molecular weight excluding hydrogens is 504 g/mol. The van der Waals surface area contributed by atoms with Crippen LogP contribution in [0.3, 0.4) is 0 Å². The summed E-state index contributed by atoms with van der Waals surface area (Å²) in [6.45, 7) is 4.48. The molecule has 0 unspecified atom stereocenters. The topological polar surface area (TPSA) is 49.3 Å².